The summed E-state index contributed by atoms with van der Waals surface area (Å²) in [6.45, 7) is 2.02. The number of piperazine rings is 1. The lowest BCUT2D eigenvalue weighted by atomic mass is 9.86. The van der Waals surface area contributed by atoms with Gasteiger partial charge in [-0.15, -0.1) is 0 Å². The molecule has 0 unspecified atom stereocenters. The maximum atomic E-state index is 13.2. The SMILES string of the molecule is O=C(c1cc([N+](=O)[O-])ccc1OCC1CCC1)N1CCN(c2ccc(C(F)(F)F)cc2)CC1. The van der Waals surface area contributed by atoms with Gasteiger partial charge in [-0.2, -0.15) is 13.2 Å². The van der Waals surface area contributed by atoms with Crippen LogP contribution in [0.3, 0.4) is 0 Å². The second kappa shape index (κ2) is 9.29. The predicted octanol–water partition coefficient (Wildman–Crippen LogP) is 4.75. The molecule has 4 rings (SSSR count). The number of alkyl halides is 3. The van der Waals surface area contributed by atoms with Crippen molar-refractivity contribution in [2.45, 2.75) is 25.4 Å². The van der Waals surface area contributed by atoms with Crippen LogP contribution in [0, 0.1) is 16.0 Å². The van der Waals surface area contributed by atoms with Gasteiger partial charge in [-0.3, -0.25) is 14.9 Å². The number of anilines is 1. The summed E-state index contributed by atoms with van der Waals surface area (Å²) in [6.07, 6.45) is -1.09. The van der Waals surface area contributed by atoms with Crippen LogP contribution >= 0.6 is 0 Å². The molecule has 2 aliphatic rings. The Hall–Kier alpha value is -3.30. The summed E-state index contributed by atoms with van der Waals surface area (Å²) in [4.78, 5) is 27.4. The van der Waals surface area contributed by atoms with E-state index in [-0.39, 0.29) is 17.2 Å². The number of carbonyl (C=O) groups is 1. The van der Waals surface area contributed by atoms with Crippen molar-refractivity contribution in [2.24, 2.45) is 5.92 Å². The predicted molar refractivity (Wildman–Crippen MR) is 115 cm³/mol. The fourth-order valence-electron chi connectivity index (χ4n) is 3.99. The number of amides is 1. The molecule has 1 saturated carbocycles. The van der Waals surface area contributed by atoms with Crippen LogP contribution < -0.4 is 9.64 Å². The lowest BCUT2D eigenvalue weighted by molar-refractivity contribution is -0.384. The summed E-state index contributed by atoms with van der Waals surface area (Å²) in [5.41, 5.74) is -0.0839. The molecule has 2 aromatic rings. The number of nitro groups is 1. The van der Waals surface area contributed by atoms with Crippen LogP contribution in [0.5, 0.6) is 5.75 Å². The van der Waals surface area contributed by atoms with Crippen LogP contribution in [-0.4, -0.2) is 48.5 Å². The minimum absolute atomic E-state index is 0.159. The van der Waals surface area contributed by atoms with Crippen molar-refractivity contribution in [2.75, 3.05) is 37.7 Å². The van der Waals surface area contributed by atoms with E-state index in [9.17, 15) is 28.1 Å². The number of benzene rings is 2. The number of hydrogen-bond donors (Lipinski definition) is 0. The zero-order chi connectivity index (χ0) is 23.6. The normalized spacial score (nSPS) is 16.9. The summed E-state index contributed by atoms with van der Waals surface area (Å²) in [7, 11) is 0. The third kappa shape index (κ3) is 5.20. The molecule has 0 N–H and O–H groups in total. The van der Waals surface area contributed by atoms with Gasteiger partial charge in [0.25, 0.3) is 11.6 Å². The van der Waals surface area contributed by atoms with E-state index in [4.69, 9.17) is 4.74 Å². The Balaban J connectivity index is 1.44. The first kappa shape index (κ1) is 22.9. The van der Waals surface area contributed by atoms with Gasteiger partial charge in [0.15, 0.2) is 0 Å². The van der Waals surface area contributed by atoms with Crippen molar-refractivity contribution in [1.29, 1.82) is 0 Å². The van der Waals surface area contributed by atoms with E-state index in [1.54, 1.807) is 4.90 Å². The number of hydrogen-bond acceptors (Lipinski definition) is 5. The maximum Gasteiger partial charge on any atom is 0.416 e. The van der Waals surface area contributed by atoms with Crippen LogP contribution in [0.4, 0.5) is 24.5 Å². The highest BCUT2D eigenvalue weighted by Gasteiger charge is 2.31. The highest BCUT2D eigenvalue weighted by Crippen LogP contribution is 2.32. The van der Waals surface area contributed by atoms with Crippen molar-refractivity contribution in [3.8, 4) is 5.75 Å². The molecule has 1 aliphatic heterocycles. The van der Waals surface area contributed by atoms with Gasteiger partial charge in [0.05, 0.1) is 22.7 Å². The van der Waals surface area contributed by atoms with Crippen molar-refractivity contribution >= 4 is 17.3 Å². The second-order valence-electron chi connectivity index (χ2n) is 8.37. The van der Waals surface area contributed by atoms with Crippen molar-refractivity contribution < 1.29 is 27.6 Å². The zero-order valence-corrected chi connectivity index (χ0v) is 17.9. The van der Waals surface area contributed by atoms with E-state index in [0.29, 0.717) is 50.1 Å². The average molecular weight is 463 g/mol. The monoisotopic (exact) mass is 463 g/mol. The summed E-state index contributed by atoms with van der Waals surface area (Å²) in [5.74, 6) is 0.424. The molecule has 1 aliphatic carbocycles. The van der Waals surface area contributed by atoms with Gasteiger partial charge in [0.1, 0.15) is 5.75 Å². The Kier molecular flexibility index (Phi) is 6.44. The molecule has 7 nitrogen and oxygen atoms in total. The van der Waals surface area contributed by atoms with Gasteiger partial charge >= 0.3 is 6.18 Å². The Labute approximate surface area is 188 Å². The molecule has 176 valence electrons. The van der Waals surface area contributed by atoms with Crippen LogP contribution in [0.15, 0.2) is 42.5 Å². The molecule has 0 atom stereocenters. The van der Waals surface area contributed by atoms with Gasteiger partial charge in [-0.1, -0.05) is 6.42 Å². The van der Waals surface area contributed by atoms with Crippen molar-refractivity contribution in [3.05, 3.63) is 63.7 Å². The molecule has 1 heterocycles. The first-order valence-electron chi connectivity index (χ1n) is 10.8. The van der Waals surface area contributed by atoms with Crippen LogP contribution in [-0.2, 0) is 6.18 Å². The zero-order valence-electron chi connectivity index (χ0n) is 17.9. The van der Waals surface area contributed by atoms with E-state index in [2.05, 4.69) is 0 Å². The molecule has 1 amide bonds. The third-order valence-electron chi connectivity index (χ3n) is 6.23. The van der Waals surface area contributed by atoms with E-state index in [1.807, 2.05) is 4.90 Å². The van der Waals surface area contributed by atoms with Crippen LogP contribution in [0.1, 0.15) is 35.2 Å². The van der Waals surface area contributed by atoms with Crippen molar-refractivity contribution in [3.63, 3.8) is 0 Å². The van der Waals surface area contributed by atoms with E-state index in [1.165, 1.54) is 30.3 Å². The number of nitro benzene ring substituents is 1. The summed E-state index contributed by atoms with van der Waals surface area (Å²) < 4.78 is 44.2. The summed E-state index contributed by atoms with van der Waals surface area (Å²) in [6, 6.07) is 8.99. The molecular weight excluding hydrogens is 439 g/mol. The average Bonchev–Trinajstić information content (AvgIpc) is 2.77. The van der Waals surface area contributed by atoms with E-state index in [0.717, 1.165) is 31.4 Å². The Bertz CT molecular complexity index is 1010. The van der Waals surface area contributed by atoms with Gasteiger partial charge < -0.3 is 14.5 Å². The topological polar surface area (TPSA) is 75.9 Å². The lowest BCUT2D eigenvalue weighted by Gasteiger charge is -2.36. The standard InChI is InChI=1S/C23H24F3N3O4/c24-23(25,26)17-4-6-18(7-5-17)27-10-12-28(13-11-27)22(30)20-14-19(29(31)32)8-9-21(20)33-15-16-2-1-3-16/h4-9,14,16H,1-3,10-13,15H2. The molecule has 33 heavy (non-hydrogen) atoms. The largest absolute Gasteiger partial charge is 0.492 e. The number of carbonyl (C=O) groups excluding carboxylic acids is 1. The summed E-state index contributed by atoms with van der Waals surface area (Å²) in [5, 5.41) is 11.2. The number of ether oxygens (including phenoxy) is 1. The van der Waals surface area contributed by atoms with E-state index < -0.39 is 16.7 Å². The number of rotatable bonds is 6. The molecule has 0 aromatic heterocycles. The fraction of sp³-hybridized carbons (Fsp3) is 0.435. The molecule has 2 aromatic carbocycles. The smallest absolute Gasteiger partial charge is 0.416 e. The first-order valence-corrected chi connectivity index (χ1v) is 10.8. The van der Waals surface area contributed by atoms with Crippen LogP contribution in [0.25, 0.3) is 0 Å². The second-order valence-corrected chi connectivity index (χ2v) is 8.37. The van der Waals surface area contributed by atoms with Gasteiger partial charge in [0.2, 0.25) is 0 Å². The fourth-order valence-corrected chi connectivity index (χ4v) is 3.99. The quantitative estimate of drug-likeness (QED) is 0.456. The maximum absolute atomic E-state index is 13.2. The Morgan fingerprint density at radius 2 is 1.73 bits per heavy atom. The Morgan fingerprint density at radius 3 is 2.27 bits per heavy atom. The minimum atomic E-state index is -4.39. The van der Waals surface area contributed by atoms with Crippen molar-refractivity contribution in [1.82, 2.24) is 4.90 Å². The summed E-state index contributed by atoms with van der Waals surface area (Å²) >= 11 is 0. The van der Waals surface area contributed by atoms with E-state index >= 15 is 0 Å². The number of non-ortho nitro benzene ring substituents is 1. The van der Waals surface area contributed by atoms with Gasteiger partial charge in [-0.05, 0) is 49.1 Å². The molecular formula is C23H24F3N3O4. The third-order valence-corrected chi connectivity index (χ3v) is 6.23. The molecule has 2 fully saturated rings. The number of halogens is 3. The molecule has 0 radical (unpaired) electrons. The molecule has 10 heteroatoms. The first-order chi connectivity index (χ1) is 15.7. The van der Waals surface area contributed by atoms with Crippen LogP contribution in [0.2, 0.25) is 0 Å². The molecule has 0 spiro atoms. The molecule has 0 bridgehead atoms. The Morgan fingerprint density at radius 1 is 1.06 bits per heavy atom. The molecule has 1 saturated heterocycles. The lowest BCUT2D eigenvalue weighted by Crippen LogP contribution is -2.48. The number of nitrogens with zero attached hydrogens (tertiary/aromatic N) is 3. The minimum Gasteiger partial charge on any atom is -0.492 e. The highest BCUT2D eigenvalue weighted by molar-refractivity contribution is 5.97. The van der Waals surface area contributed by atoms with Gasteiger partial charge in [-0.25, -0.2) is 0 Å². The van der Waals surface area contributed by atoms with Gasteiger partial charge in [0, 0.05) is 44.0 Å². The highest BCUT2D eigenvalue weighted by atomic mass is 19.4.